The number of esters is 3. The van der Waals surface area contributed by atoms with Crippen molar-refractivity contribution in [2.24, 2.45) is 0 Å². The minimum Gasteiger partial charge on any atom is -0.462 e. The van der Waals surface area contributed by atoms with Gasteiger partial charge in [0, 0.05) is 19.3 Å². The molecule has 0 aliphatic heterocycles. The first kappa shape index (κ1) is 56.6. The van der Waals surface area contributed by atoms with Crippen LogP contribution in [0.3, 0.4) is 0 Å². The number of allylic oxidation sites excluding steroid dienone is 14. The van der Waals surface area contributed by atoms with Gasteiger partial charge in [-0.3, -0.25) is 14.4 Å². The van der Waals surface area contributed by atoms with Crippen molar-refractivity contribution >= 4 is 17.9 Å². The lowest BCUT2D eigenvalue weighted by atomic mass is 10.1. The fraction of sp³-hybridized carbons (Fsp3) is 0.685. The molecule has 0 aromatic heterocycles. The van der Waals surface area contributed by atoms with Crippen LogP contribution in [-0.4, -0.2) is 37.2 Å². The zero-order valence-electron chi connectivity index (χ0n) is 38.9. The molecule has 0 amide bonds. The number of hydrogen-bond acceptors (Lipinski definition) is 6. The van der Waals surface area contributed by atoms with Crippen LogP contribution in [0.4, 0.5) is 0 Å². The molecule has 0 saturated heterocycles. The molecular weight excluding hydrogens is 745 g/mol. The molecule has 60 heavy (non-hydrogen) atoms. The average molecular weight is 835 g/mol. The number of rotatable bonds is 43. The van der Waals surface area contributed by atoms with Gasteiger partial charge in [-0.05, 0) is 103 Å². The van der Waals surface area contributed by atoms with E-state index >= 15 is 0 Å². The molecule has 0 saturated carbocycles. The topological polar surface area (TPSA) is 78.9 Å². The first-order chi connectivity index (χ1) is 29.5. The van der Waals surface area contributed by atoms with Crippen LogP contribution in [0.2, 0.25) is 0 Å². The highest BCUT2D eigenvalue weighted by atomic mass is 16.6. The van der Waals surface area contributed by atoms with E-state index in [1.54, 1.807) is 0 Å². The maximum atomic E-state index is 12.7. The molecule has 0 N–H and O–H groups in total. The van der Waals surface area contributed by atoms with Crippen LogP contribution in [0, 0.1) is 0 Å². The quantitative estimate of drug-likeness (QED) is 0.0263. The third-order valence-corrected chi connectivity index (χ3v) is 10.1. The van der Waals surface area contributed by atoms with Gasteiger partial charge in [0.25, 0.3) is 0 Å². The Balaban J connectivity index is 4.53. The third-order valence-electron chi connectivity index (χ3n) is 10.1. The molecule has 0 spiro atoms. The van der Waals surface area contributed by atoms with Crippen molar-refractivity contribution in [3.8, 4) is 0 Å². The van der Waals surface area contributed by atoms with E-state index in [0.29, 0.717) is 19.3 Å². The Morgan fingerprint density at radius 2 is 0.683 bits per heavy atom. The number of carbonyl (C=O) groups is 3. The van der Waals surface area contributed by atoms with E-state index in [2.05, 4.69) is 99.8 Å². The normalized spacial score (nSPS) is 12.8. The van der Waals surface area contributed by atoms with Gasteiger partial charge in [0.05, 0.1) is 0 Å². The maximum Gasteiger partial charge on any atom is 0.306 e. The number of carbonyl (C=O) groups excluding carboxylic acids is 3. The van der Waals surface area contributed by atoms with Crippen molar-refractivity contribution in [1.82, 2.24) is 0 Å². The van der Waals surface area contributed by atoms with E-state index < -0.39 is 12.1 Å². The van der Waals surface area contributed by atoms with Crippen LogP contribution in [0.1, 0.15) is 220 Å². The van der Waals surface area contributed by atoms with Crippen molar-refractivity contribution in [2.45, 2.75) is 226 Å². The van der Waals surface area contributed by atoms with Gasteiger partial charge >= 0.3 is 17.9 Å². The standard InChI is InChI=1S/C54H90O6/c1-4-7-10-13-16-19-22-25-26-27-30-32-35-38-41-44-47-53(56)59-50-51(60-54(57)48-45-42-39-36-33-29-24-21-18-15-12-9-6-3)49-58-52(55)46-43-40-37-34-31-28-23-20-17-14-11-8-5-2/h7,10,16,19,25-26,28-33,39,42,51H,4-6,8-9,11-15,17-18,20-24,27,34-38,40-41,43-50H2,1-3H3/b10-7+,19-16+,26-25+,31-28+,32-30+,33-29+,42-39+. The summed E-state index contributed by atoms with van der Waals surface area (Å²) >= 11 is 0. The van der Waals surface area contributed by atoms with Crippen molar-refractivity contribution < 1.29 is 28.6 Å². The van der Waals surface area contributed by atoms with Gasteiger partial charge in [0.15, 0.2) is 6.10 Å². The molecule has 342 valence electrons. The van der Waals surface area contributed by atoms with Crippen LogP contribution in [0.15, 0.2) is 85.1 Å². The molecule has 0 bridgehead atoms. The monoisotopic (exact) mass is 835 g/mol. The van der Waals surface area contributed by atoms with Gasteiger partial charge in [0.1, 0.15) is 13.2 Å². The molecule has 1 atom stereocenters. The Labute approximate surface area is 369 Å². The van der Waals surface area contributed by atoms with Crippen LogP contribution in [0.25, 0.3) is 0 Å². The second-order valence-corrected chi connectivity index (χ2v) is 16.0. The number of ether oxygens (including phenoxy) is 3. The predicted molar refractivity (Wildman–Crippen MR) is 256 cm³/mol. The third kappa shape index (κ3) is 45.7. The fourth-order valence-corrected chi connectivity index (χ4v) is 6.42. The Morgan fingerprint density at radius 3 is 1.10 bits per heavy atom. The van der Waals surface area contributed by atoms with Crippen molar-refractivity contribution in [2.75, 3.05) is 13.2 Å². The van der Waals surface area contributed by atoms with E-state index in [1.807, 2.05) is 6.08 Å². The minimum absolute atomic E-state index is 0.118. The fourth-order valence-electron chi connectivity index (χ4n) is 6.42. The minimum atomic E-state index is -0.825. The van der Waals surface area contributed by atoms with E-state index in [0.717, 1.165) is 96.3 Å². The molecule has 0 rings (SSSR count). The summed E-state index contributed by atoms with van der Waals surface area (Å²) in [6.07, 6.45) is 61.5. The van der Waals surface area contributed by atoms with Crippen LogP contribution < -0.4 is 0 Å². The van der Waals surface area contributed by atoms with Crippen LogP contribution in [-0.2, 0) is 28.6 Å². The molecule has 0 fully saturated rings. The summed E-state index contributed by atoms with van der Waals surface area (Å²) < 4.78 is 16.7. The number of unbranched alkanes of at least 4 members (excludes halogenated alkanes) is 18. The van der Waals surface area contributed by atoms with E-state index in [9.17, 15) is 14.4 Å². The summed E-state index contributed by atoms with van der Waals surface area (Å²) in [4.78, 5) is 37.8. The molecular formula is C54H90O6. The highest BCUT2D eigenvalue weighted by molar-refractivity contribution is 5.71. The first-order valence-corrected chi connectivity index (χ1v) is 24.6. The summed E-state index contributed by atoms with van der Waals surface area (Å²) in [7, 11) is 0. The second-order valence-electron chi connectivity index (χ2n) is 16.0. The zero-order chi connectivity index (χ0) is 43.7. The molecule has 6 heteroatoms. The Morgan fingerprint density at radius 1 is 0.350 bits per heavy atom. The SMILES string of the molecule is CC/C=C/C/C=C/C/C=C/C/C=C/CCCCCC(=O)OCC(COC(=O)CCCCC/C=C/CCCCCCCC)OC(=O)CC/C=C/C/C=C/CCCCCCCC. The molecule has 0 heterocycles. The van der Waals surface area contributed by atoms with Gasteiger partial charge in [-0.15, -0.1) is 0 Å². The Bertz CT molecular complexity index is 1190. The Kier molecular flexibility index (Phi) is 45.5. The van der Waals surface area contributed by atoms with Gasteiger partial charge < -0.3 is 14.2 Å². The van der Waals surface area contributed by atoms with Gasteiger partial charge in [-0.1, -0.05) is 183 Å². The van der Waals surface area contributed by atoms with Crippen LogP contribution >= 0.6 is 0 Å². The van der Waals surface area contributed by atoms with E-state index in [1.165, 1.54) is 77.0 Å². The smallest absolute Gasteiger partial charge is 0.306 e. The average Bonchev–Trinajstić information content (AvgIpc) is 3.24. The van der Waals surface area contributed by atoms with Crippen molar-refractivity contribution in [3.63, 3.8) is 0 Å². The van der Waals surface area contributed by atoms with Crippen LogP contribution in [0.5, 0.6) is 0 Å². The zero-order valence-corrected chi connectivity index (χ0v) is 38.9. The summed E-state index contributed by atoms with van der Waals surface area (Å²) in [6, 6.07) is 0. The lowest BCUT2D eigenvalue weighted by Gasteiger charge is -2.18. The first-order valence-electron chi connectivity index (χ1n) is 24.6. The molecule has 6 nitrogen and oxygen atoms in total. The molecule has 0 aromatic rings. The lowest BCUT2D eigenvalue weighted by Crippen LogP contribution is -2.30. The highest BCUT2D eigenvalue weighted by Crippen LogP contribution is 2.12. The Hall–Kier alpha value is -3.41. The maximum absolute atomic E-state index is 12.7. The molecule has 0 aliphatic carbocycles. The summed E-state index contributed by atoms with van der Waals surface area (Å²) in [5, 5.41) is 0. The van der Waals surface area contributed by atoms with Gasteiger partial charge in [-0.25, -0.2) is 0 Å². The largest absolute Gasteiger partial charge is 0.462 e. The molecule has 0 aromatic carbocycles. The molecule has 0 aliphatic rings. The van der Waals surface area contributed by atoms with E-state index in [-0.39, 0.29) is 31.6 Å². The van der Waals surface area contributed by atoms with Gasteiger partial charge in [-0.2, -0.15) is 0 Å². The van der Waals surface area contributed by atoms with Gasteiger partial charge in [0.2, 0.25) is 0 Å². The lowest BCUT2D eigenvalue weighted by molar-refractivity contribution is -0.166. The summed E-state index contributed by atoms with van der Waals surface area (Å²) in [5.74, 6) is -1.04. The van der Waals surface area contributed by atoms with Crippen molar-refractivity contribution in [3.05, 3.63) is 85.1 Å². The number of hydrogen-bond donors (Lipinski definition) is 0. The molecule has 0 radical (unpaired) electrons. The molecule has 1 unspecified atom stereocenters. The summed E-state index contributed by atoms with van der Waals surface area (Å²) in [6.45, 7) is 6.40. The summed E-state index contributed by atoms with van der Waals surface area (Å²) in [5.41, 5.74) is 0. The second kappa shape index (κ2) is 48.3. The highest BCUT2D eigenvalue weighted by Gasteiger charge is 2.19. The van der Waals surface area contributed by atoms with Crippen molar-refractivity contribution in [1.29, 1.82) is 0 Å². The predicted octanol–water partition coefficient (Wildman–Crippen LogP) is 16.0. The van der Waals surface area contributed by atoms with E-state index in [4.69, 9.17) is 14.2 Å².